The summed E-state index contributed by atoms with van der Waals surface area (Å²) in [7, 11) is 0. The van der Waals surface area contributed by atoms with Crippen LogP contribution in [0.5, 0.6) is 5.75 Å². The maximum atomic E-state index is 13.3. The minimum Gasteiger partial charge on any atom is -0.493 e. The minimum absolute atomic E-state index is 0.298. The Morgan fingerprint density at radius 1 is 1.00 bits per heavy atom. The molecular weight excluding hydrogens is 484 g/mol. The summed E-state index contributed by atoms with van der Waals surface area (Å²) < 4.78 is 24.9. The second-order valence-corrected chi connectivity index (χ2v) is 9.84. The van der Waals surface area contributed by atoms with Crippen LogP contribution in [0.4, 0.5) is 0 Å². The quantitative estimate of drug-likeness (QED) is 0.369. The van der Waals surface area contributed by atoms with Gasteiger partial charge in [-0.2, -0.15) is 8.75 Å². The topological polar surface area (TPSA) is 107 Å². The SMILES string of the molecule is O=C1OC(O)(c2ccc3c(c2)CCO3)C(Cc2ccc3nnsc3c2)=C1c1ccc2nsnc2c1. The molecule has 172 valence electrons. The zero-order valence-corrected chi connectivity index (χ0v) is 19.7. The van der Waals surface area contributed by atoms with Crippen LogP contribution in [0.3, 0.4) is 0 Å². The van der Waals surface area contributed by atoms with Crippen molar-refractivity contribution in [2.24, 2.45) is 0 Å². The van der Waals surface area contributed by atoms with E-state index >= 15 is 0 Å². The highest BCUT2D eigenvalue weighted by Crippen LogP contribution is 2.46. The highest BCUT2D eigenvalue weighted by molar-refractivity contribution is 7.12. The lowest BCUT2D eigenvalue weighted by Gasteiger charge is -2.26. The van der Waals surface area contributed by atoms with Gasteiger partial charge in [-0.1, -0.05) is 16.6 Å². The standard InChI is InChI=1S/C25H16N4O4S2/c30-24-23(15-2-5-18-20(12-15)28-35-27-18)17(9-13-1-4-19-22(10-13)34-29-26-19)25(31,33-24)16-3-6-21-14(11-16)7-8-32-21/h1-6,10-12,31H,7-9H2. The van der Waals surface area contributed by atoms with Gasteiger partial charge < -0.3 is 14.6 Å². The van der Waals surface area contributed by atoms with Crippen molar-refractivity contribution < 1.29 is 19.4 Å². The average molecular weight is 501 g/mol. The van der Waals surface area contributed by atoms with Gasteiger partial charge in [-0.3, -0.25) is 0 Å². The van der Waals surface area contributed by atoms with Crippen molar-refractivity contribution in [3.63, 3.8) is 0 Å². The molecule has 2 aromatic heterocycles. The number of esters is 1. The van der Waals surface area contributed by atoms with Crippen LogP contribution in [0.1, 0.15) is 22.3 Å². The number of benzene rings is 3. The number of hydrogen-bond acceptors (Lipinski definition) is 10. The van der Waals surface area contributed by atoms with Gasteiger partial charge in [0.2, 0.25) is 0 Å². The lowest BCUT2D eigenvalue weighted by Crippen LogP contribution is -2.30. The summed E-state index contributed by atoms with van der Waals surface area (Å²) in [6.45, 7) is 0.593. The summed E-state index contributed by atoms with van der Waals surface area (Å²) in [5.41, 5.74) is 6.08. The second-order valence-electron chi connectivity index (χ2n) is 8.53. The van der Waals surface area contributed by atoms with Gasteiger partial charge in [0.25, 0.3) is 5.79 Å². The first-order chi connectivity index (χ1) is 17.1. The van der Waals surface area contributed by atoms with E-state index in [0.717, 1.165) is 50.8 Å². The normalized spacial score (nSPS) is 19.4. The molecule has 5 aromatic rings. The van der Waals surface area contributed by atoms with Gasteiger partial charge in [0.15, 0.2) is 0 Å². The van der Waals surface area contributed by atoms with Crippen LogP contribution in [0, 0.1) is 0 Å². The largest absolute Gasteiger partial charge is 0.493 e. The third kappa shape index (κ3) is 3.25. The summed E-state index contributed by atoms with van der Waals surface area (Å²) in [6.07, 6.45) is 1.04. The third-order valence-electron chi connectivity index (χ3n) is 6.47. The fraction of sp³-hybridized carbons (Fsp3) is 0.160. The van der Waals surface area contributed by atoms with E-state index in [4.69, 9.17) is 9.47 Å². The molecule has 35 heavy (non-hydrogen) atoms. The number of cyclic esters (lactones) is 1. The third-order valence-corrected chi connectivity index (χ3v) is 7.72. The van der Waals surface area contributed by atoms with Crippen molar-refractivity contribution in [2.45, 2.75) is 18.6 Å². The van der Waals surface area contributed by atoms with Crippen LogP contribution >= 0.6 is 23.3 Å². The zero-order chi connectivity index (χ0) is 23.6. The van der Waals surface area contributed by atoms with Crippen molar-refractivity contribution in [1.82, 2.24) is 18.3 Å². The number of aromatic nitrogens is 4. The number of fused-ring (bicyclic) bond motifs is 3. The van der Waals surface area contributed by atoms with E-state index in [0.29, 0.717) is 40.8 Å². The number of carbonyl (C=O) groups excluding carboxylic acids is 1. The van der Waals surface area contributed by atoms with E-state index in [-0.39, 0.29) is 0 Å². The molecular formula is C25H16N4O4S2. The molecule has 0 radical (unpaired) electrons. The molecule has 8 nitrogen and oxygen atoms in total. The van der Waals surface area contributed by atoms with Gasteiger partial charge in [-0.15, -0.1) is 5.10 Å². The van der Waals surface area contributed by atoms with Gasteiger partial charge >= 0.3 is 5.97 Å². The Labute approximate surface area is 206 Å². The summed E-state index contributed by atoms with van der Waals surface area (Å²) in [4.78, 5) is 13.3. The van der Waals surface area contributed by atoms with Crippen molar-refractivity contribution in [3.05, 3.63) is 82.4 Å². The van der Waals surface area contributed by atoms with E-state index in [1.54, 1.807) is 6.07 Å². The Morgan fingerprint density at radius 3 is 2.83 bits per heavy atom. The zero-order valence-electron chi connectivity index (χ0n) is 18.1. The predicted octanol–water partition coefficient (Wildman–Crippen LogP) is 4.03. The van der Waals surface area contributed by atoms with E-state index in [1.165, 1.54) is 11.5 Å². The molecule has 0 aliphatic carbocycles. The fourth-order valence-electron chi connectivity index (χ4n) is 4.74. The molecule has 7 rings (SSSR count). The Balaban J connectivity index is 1.42. The molecule has 1 unspecified atom stereocenters. The van der Waals surface area contributed by atoms with Crippen molar-refractivity contribution in [2.75, 3.05) is 6.61 Å². The van der Waals surface area contributed by atoms with Crippen LogP contribution in [0.25, 0.3) is 26.8 Å². The maximum Gasteiger partial charge on any atom is 0.342 e. The molecule has 4 heterocycles. The van der Waals surface area contributed by atoms with Crippen LogP contribution in [-0.4, -0.2) is 36.0 Å². The lowest BCUT2D eigenvalue weighted by molar-refractivity contribution is -0.185. The molecule has 10 heteroatoms. The monoisotopic (exact) mass is 500 g/mol. The van der Waals surface area contributed by atoms with Gasteiger partial charge in [-0.05, 0) is 70.7 Å². The van der Waals surface area contributed by atoms with Crippen LogP contribution in [0.15, 0.2) is 60.2 Å². The van der Waals surface area contributed by atoms with Crippen molar-refractivity contribution >= 4 is 56.1 Å². The second kappa shape index (κ2) is 7.64. The average Bonchev–Trinajstić information content (AvgIpc) is 3.65. The molecule has 0 saturated carbocycles. The molecule has 2 aliphatic rings. The molecule has 0 fully saturated rings. The molecule has 3 aromatic carbocycles. The van der Waals surface area contributed by atoms with E-state index < -0.39 is 11.8 Å². The van der Waals surface area contributed by atoms with Crippen LogP contribution < -0.4 is 4.74 Å². The Morgan fingerprint density at radius 2 is 1.89 bits per heavy atom. The van der Waals surface area contributed by atoms with Gasteiger partial charge in [-0.25, -0.2) is 4.79 Å². The fourth-order valence-corrected chi connectivity index (χ4v) is 5.89. The van der Waals surface area contributed by atoms with E-state index in [1.807, 2.05) is 48.5 Å². The first-order valence-electron chi connectivity index (χ1n) is 11.0. The number of carbonyl (C=O) groups is 1. The molecule has 1 N–H and O–H groups in total. The molecule has 0 saturated heterocycles. The number of nitrogens with zero attached hydrogens (tertiary/aromatic N) is 4. The Hall–Kier alpha value is -3.73. The first kappa shape index (κ1) is 20.6. The summed E-state index contributed by atoms with van der Waals surface area (Å²) in [5, 5.41) is 16.1. The van der Waals surface area contributed by atoms with E-state index in [9.17, 15) is 9.90 Å². The van der Waals surface area contributed by atoms with Crippen LogP contribution in [0.2, 0.25) is 0 Å². The Bertz CT molecular complexity index is 1690. The predicted molar refractivity (Wildman–Crippen MR) is 131 cm³/mol. The minimum atomic E-state index is -1.92. The van der Waals surface area contributed by atoms with Gasteiger partial charge in [0, 0.05) is 24.0 Å². The van der Waals surface area contributed by atoms with Crippen LogP contribution in [-0.2, 0) is 28.2 Å². The Kier molecular flexibility index (Phi) is 4.50. The highest BCUT2D eigenvalue weighted by atomic mass is 32.1. The van der Waals surface area contributed by atoms with Crippen molar-refractivity contribution in [1.29, 1.82) is 0 Å². The summed E-state index contributed by atoms with van der Waals surface area (Å²) in [6, 6.07) is 16.7. The number of rotatable bonds is 4. The van der Waals surface area contributed by atoms with Gasteiger partial charge in [0.1, 0.15) is 22.3 Å². The number of hydrogen-bond donors (Lipinski definition) is 1. The first-order valence-corrected chi connectivity index (χ1v) is 12.5. The summed E-state index contributed by atoms with van der Waals surface area (Å²) in [5.74, 6) is -1.71. The molecule has 2 aliphatic heterocycles. The maximum absolute atomic E-state index is 13.3. The molecule has 0 bridgehead atoms. The molecule has 1 atom stereocenters. The van der Waals surface area contributed by atoms with E-state index in [2.05, 4.69) is 18.3 Å². The molecule has 0 spiro atoms. The summed E-state index contributed by atoms with van der Waals surface area (Å²) >= 11 is 2.42. The highest BCUT2D eigenvalue weighted by Gasteiger charge is 2.48. The number of aliphatic hydroxyl groups is 1. The molecule has 0 amide bonds. The lowest BCUT2D eigenvalue weighted by atomic mass is 9.87. The smallest absolute Gasteiger partial charge is 0.342 e. The van der Waals surface area contributed by atoms with Crippen molar-refractivity contribution in [3.8, 4) is 5.75 Å². The number of ether oxygens (including phenoxy) is 2. The van der Waals surface area contributed by atoms with Gasteiger partial charge in [0.05, 0.1) is 28.6 Å².